The van der Waals surface area contributed by atoms with Gasteiger partial charge in [0.05, 0.1) is 11.9 Å². The molecule has 90 valence electrons. The van der Waals surface area contributed by atoms with Crippen molar-refractivity contribution in [1.29, 1.82) is 0 Å². The van der Waals surface area contributed by atoms with Crippen LogP contribution in [0.3, 0.4) is 0 Å². The van der Waals surface area contributed by atoms with E-state index in [-0.39, 0.29) is 18.4 Å². The Balaban J connectivity index is 2.70. The van der Waals surface area contributed by atoms with Crippen LogP contribution in [-0.2, 0) is 10.0 Å². The van der Waals surface area contributed by atoms with E-state index in [2.05, 4.69) is 5.32 Å². The van der Waals surface area contributed by atoms with Crippen molar-refractivity contribution in [3.05, 3.63) is 0 Å². The Hall–Kier alpha value is -0.170. The number of nitrogens with zero attached hydrogens (tertiary/aromatic N) is 1. The van der Waals surface area contributed by atoms with E-state index in [0.29, 0.717) is 19.5 Å². The normalized spacial score (nSPS) is 22.5. The number of rotatable bonds is 6. The maximum absolute atomic E-state index is 12.1. The molecule has 0 spiro atoms. The average molecular weight is 236 g/mol. The predicted octanol–water partition coefficient (Wildman–Crippen LogP) is -0.618. The van der Waals surface area contributed by atoms with Crippen LogP contribution in [0.4, 0.5) is 0 Å². The second-order valence-electron chi connectivity index (χ2n) is 3.78. The molecular formula is C9H20N2O3S. The van der Waals surface area contributed by atoms with Gasteiger partial charge < -0.3 is 10.4 Å². The predicted molar refractivity (Wildman–Crippen MR) is 59.1 cm³/mol. The lowest BCUT2D eigenvalue weighted by atomic mass is 10.4. The molecule has 1 fully saturated rings. The van der Waals surface area contributed by atoms with E-state index in [1.165, 1.54) is 4.31 Å². The van der Waals surface area contributed by atoms with Gasteiger partial charge in [-0.2, -0.15) is 4.31 Å². The monoisotopic (exact) mass is 236 g/mol. The molecule has 2 N–H and O–H groups in total. The van der Waals surface area contributed by atoms with E-state index in [4.69, 9.17) is 5.11 Å². The smallest absolute Gasteiger partial charge is 0.218 e. The molecule has 1 saturated heterocycles. The van der Waals surface area contributed by atoms with E-state index in [0.717, 1.165) is 13.0 Å². The Labute approximate surface area is 91.5 Å². The zero-order chi connectivity index (χ0) is 11.3. The van der Waals surface area contributed by atoms with Gasteiger partial charge in [-0.05, 0) is 19.4 Å². The van der Waals surface area contributed by atoms with E-state index in [1.54, 1.807) is 0 Å². The van der Waals surface area contributed by atoms with Gasteiger partial charge in [0, 0.05) is 19.6 Å². The van der Waals surface area contributed by atoms with Gasteiger partial charge in [-0.1, -0.05) is 6.92 Å². The second kappa shape index (κ2) is 5.79. The zero-order valence-corrected chi connectivity index (χ0v) is 9.96. The summed E-state index contributed by atoms with van der Waals surface area (Å²) in [4.78, 5) is 0. The maximum Gasteiger partial charge on any atom is 0.218 e. The lowest BCUT2D eigenvalue weighted by Crippen LogP contribution is -2.41. The zero-order valence-electron chi connectivity index (χ0n) is 9.15. The first-order valence-electron chi connectivity index (χ1n) is 5.43. The van der Waals surface area contributed by atoms with Crippen LogP contribution in [0.1, 0.15) is 19.8 Å². The van der Waals surface area contributed by atoms with Gasteiger partial charge in [-0.25, -0.2) is 8.42 Å². The van der Waals surface area contributed by atoms with Crippen molar-refractivity contribution in [3.63, 3.8) is 0 Å². The molecular weight excluding hydrogens is 216 g/mol. The van der Waals surface area contributed by atoms with Crippen molar-refractivity contribution in [2.45, 2.75) is 25.0 Å². The molecule has 0 aromatic rings. The largest absolute Gasteiger partial charge is 0.395 e. The van der Waals surface area contributed by atoms with Crippen molar-refractivity contribution in [1.82, 2.24) is 9.62 Å². The molecule has 0 aliphatic carbocycles. The van der Waals surface area contributed by atoms with Crippen LogP contribution >= 0.6 is 0 Å². The van der Waals surface area contributed by atoms with Gasteiger partial charge in [0.2, 0.25) is 10.0 Å². The summed E-state index contributed by atoms with van der Waals surface area (Å²) < 4.78 is 25.6. The van der Waals surface area contributed by atoms with Gasteiger partial charge in [-0.3, -0.25) is 0 Å². The quantitative estimate of drug-likeness (QED) is 0.645. The summed E-state index contributed by atoms with van der Waals surface area (Å²) in [7, 11) is -3.21. The molecule has 1 rings (SSSR count). The van der Waals surface area contributed by atoms with Crippen LogP contribution in [0.2, 0.25) is 0 Å². The van der Waals surface area contributed by atoms with Gasteiger partial charge >= 0.3 is 0 Å². The van der Waals surface area contributed by atoms with Crippen LogP contribution < -0.4 is 5.32 Å². The molecule has 1 unspecified atom stereocenters. The molecule has 0 amide bonds. The molecule has 15 heavy (non-hydrogen) atoms. The van der Waals surface area contributed by atoms with Crippen LogP contribution in [0.25, 0.3) is 0 Å². The van der Waals surface area contributed by atoms with E-state index in [1.807, 2.05) is 6.92 Å². The van der Waals surface area contributed by atoms with Crippen LogP contribution in [0.5, 0.6) is 0 Å². The van der Waals surface area contributed by atoms with Crippen molar-refractivity contribution < 1.29 is 13.5 Å². The SMILES string of the molecule is CCCN(CCO)S(=O)(=O)C1CCNC1. The summed E-state index contributed by atoms with van der Waals surface area (Å²) in [6.45, 7) is 3.84. The Morgan fingerprint density at radius 2 is 2.20 bits per heavy atom. The van der Waals surface area contributed by atoms with Crippen LogP contribution in [-0.4, -0.2) is 55.9 Å². The minimum Gasteiger partial charge on any atom is -0.395 e. The topological polar surface area (TPSA) is 69.6 Å². The molecule has 6 heteroatoms. The van der Waals surface area contributed by atoms with Gasteiger partial charge in [0.15, 0.2) is 0 Å². The highest BCUT2D eigenvalue weighted by molar-refractivity contribution is 7.89. The third-order valence-electron chi connectivity index (χ3n) is 2.62. The summed E-state index contributed by atoms with van der Waals surface area (Å²) in [5.41, 5.74) is 0. The lowest BCUT2D eigenvalue weighted by Gasteiger charge is -2.23. The summed E-state index contributed by atoms with van der Waals surface area (Å²) in [5.74, 6) is 0. The van der Waals surface area contributed by atoms with Crippen molar-refractivity contribution in [3.8, 4) is 0 Å². The van der Waals surface area contributed by atoms with Crippen molar-refractivity contribution in [2.24, 2.45) is 0 Å². The summed E-state index contributed by atoms with van der Waals surface area (Å²) in [6, 6.07) is 0. The molecule has 0 aromatic heterocycles. The fraction of sp³-hybridized carbons (Fsp3) is 1.00. The van der Waals surface area contributed by atoms with Gasteiger partial charge in [-0.15, -0.1) is 0 Å². The summed E-state index contributed by atoms with van der Waals surface area (Å²) in [5, 5.41) is 11.6. The van der Waals surface area contributed by atoms with Crippen molar-refractivity contribution >= 4 is 10.0 Å². The van der Waals surface area contributed by atoms with E-state index < -0.39 is 10.0 Å². The van der Waals surface area contributed by atoms with Crippen LogP contribution in [0, 0.1) is 0 Å². The maximum atomic E-state index is 12.1. The van der Waals surface area contributed by atoms with E-state index >= 15 is 0 Å². The third kappa shape index (κ3) is 3.14. The number of hydrogen-bond donors (Lipinski definition) is 2. The standard InChI is InChI=1S/C9H20N2O3S/c1-2-5-11(6-7-12)15(13,14)9-3-4-10-8-9/h9-10,12H,2-8H2,1H3. The molecule has 0 aromatic carbocycles. The highest BCUT2D eigenvalue weighted by Crippen LogP contribution is 2.15. The number of aliphatic hydroxyl groups is 1. The Bertz CT molecular complexity index is 267. The molecule has 1 aliphatic rings. The molecule has 0 bridgehead atoms. The third-order valence-corrected chi connectivity index (χ3v) is 4.95. The number of aliphatic hydroxyl groups excluding tert-OH is 1. The first-order chi connectivity index (χ1) is 7.12. The molecule has 1 aliphatic heterocycles. The van der Waals surface area contributed by atoms with Crippen LogP contribution in [0.15, 0.2) is 0 Å². The number of nitrogens with one attached hydrogen (secondary N) is 1. The lowest BCUT2D eigenvalue weighted by molar-refractivity contribution is 0.252. The van der Waals surface area contributed by atoms with E-state index in [9.17, 15) is 8.42 Å². The first kappa shape index (κ1) is 12.9. The Morgan fingerprint density at radius 1 is 1.47 bits per heavy atom. The molecule has 5 nitrogen and oxygen atoms in total. The molecule has 1 atom stereocenters. The highest BCUT2D eigenvalue weighted by atomic mass is 32.2. The summed E-state index contributed by atoms with van der Waals surface area (Å²) in [6.07, 6.45) is 1.45. The van der Waals surface area contributed by atoms with Gasteiger partial charge in [0.1, 0.15) is 0 Å². The molecule has 0 radical (unpaired) electrons. The first-order valence-corrected chi connectivity index (χ1v) is 6.93. The minimum atomic E-state index is -3.21. The fourth-order valence-electron chi connectivity index (χ4n) is 1.82. The average Bonchev–Trinajstić information content (AvgIpc) is 2.70. The molecule has 0 saturated carbocycles. The Kier molecular flexibility index (Phi) is 4.98. The highest BCUT2D eigenvalue weighted by Gasteiger charge is 2.33. The number of hydrogen-bond acceptors (Lipinski definition) is 4. The van der Waals surface area contributed by atoms with Crippen molar-refractivity contribution in [2.75, 3.05) is 32.8 Å². The number of sulfonamides is 1. The fourth-order valence-corrected chi connectivity index (χ4v) is 3.76. The Morgan fingerprint density at radius 3 is 2.67 bits per heavy atom. The molecule has 1 heterocycles. The minimum absolute atomic E-state index is 0.112. The van der Waals surface area contributed by atoms with Gasteiger partial charge in [0.25, 0.3) is 0 Å². The summed E-state index contributed by atoms with van der Waals surface area (Å²) >= 11 is 0. The second-order valence-corrected chi connectivity index (χ2v) is 6.00.